The molecule has 0 aromatic heterocycles. The molecule has 0 aliphatic carbocycles. The molecule has 0 amide bonds. The summed E-state index contributed by atoms with van der Waals surface area (Å²) < 4.78 is 5.02. The summed E-state index contributed by atoms with van der Waals surface area (Å²) in [5, 5.41) is 21.8. The van der Waals surface area contributed by atoms with Gasteiger partial charge >= 0.3 is 0 Å². The Morgan fingerprint density at radius 2 is 2.38 bits per heavy atom. The van der Waals surface area contributed by atoms with Crippen molar-refractivity contribution >= 4 is 7.85 Å². The maximum Gasteiger partial charge on any atom is 0.195 e. The standard InChI is InChI=1S/C6H10BN3O3/c1-3-4(12)6(2-11,9-10-8)13-5(3)7/h3-5,11-12H,2H2,1H3/t3-,4-,5+,6+/m0/s1. The molecule has 0 bridgehead atoms. The molecule has 0 unspecified atom stereocenters. The summed E-state index contributed by atoms with van der Waals surface area (Å²) >= 11 is 0. The third kappa shape index (κ3) is 1.51. The highest BCUT2D eigenvalue weighted by Gasteiger charge is 2.50. The molecule has 0 aromatic carbocycles. The lowest BCUT2D eigenvalue weighted by atomic mass is 9.85. The monoisotopic (exact) mass is 183 g/mol. The first-order valence-corrected chi connectivity index (χ1v) is 3.86. The van der Waals surface area contributed by atoms with Gasteiger partial charge in [-0.25, -0.2) is 0 Å². The van der Waals surface area contributed by atoms with Crippen LogP contribution in [0.15, 0.2) is 5.11 Å². The normalized spacial score (nSPS) is 44.4. The van der Waals surface area contributed by atoms with Crippen molar-refractivity contribution in [3.8, 4) is 0 Å². The lowest BCUT2D eigenvalue weighted by Gasteiger charge is -2.24. The van der Waals surface area contributed by atoms with E-state index in [4.69, 9.17) is 23.2 Å². The Hall–Kier alpha value is -0.745. The first-order chi connectivity index (χ1) is 6.07. The molecule has 6 nitrogen and oxygen atoms in total. The second-order valence-electron chi connectivity index (χ2n) is 3.08. The van der Waals surface area contributed by atoms with E-state index in [2.05, 4.69) is 10.0 Å². The summed E-state index contributed by atoms with van der Waals surface area (Å²) in [7, 11) is 5.47. The minimum Gasteiger partial charge on any atom is -0.393 e. The van der Waals surface area contributed by atoms with Crippen LogP contribution < -0.4 is 0 Å². The second kappa shape index (κ2) is 3.55. The van der Waals surface area contributed by atoms with Crippen molar-refractivity contribution in [2.45, 2.75) is 24.8 Å². The number of aliphatic hydroxyl groups is 2. The zero-order chi connectivity index (χ0) is 10.1. The minimum absolute atomic E-state index is 0.377. The smallest absolute Gasteiger partial charge is 0.195 e. The summed E-state index contributed by atoms with van der Waals surface area (Å²) in [5.41, 5.74) is 6.61. The van der Waals surface area contributed by atoms with Crippen molar-refractivity contribution < 1.29 is 14.9 Å². The van der Waals surface area contributed by atoms with E-state index < -0.39 is 24.4 Å². The van der Waals surface area contributed by atoms with E-state index in [1.165, 1.54) is 0 Å². The fraction of sp³-hybridized carbons (Fsp3) is 1.00. The highest BCUT2D eigenvalue weighted by atomic mass is 16.6. The number of hydrogen-bond donors (Lipinski definition) is 2. The molecule has 1 aliphatic rings. The van der Waals surface area contributed by atoms with Gasteiger partial charge in [0.05, 0.1) is 12.7 Å². The van der Waals surface area contributed by atoms with Crippen LogP contribution in [0.4, 0.5) is 0 Å². The van der Waals surface area contributed by atoms with Crippen molar-refractivity contribution in [2.75, 3.05) is 6.61 Å². The maximum absolute atomic E-state index is 9.58. The van der Waals surface area contributed by atoms with E-state index in [0.29, 0.717) is 0 Å². The van der Waals surface area contributed by atoms with E-state index in [1.54, 1.807) is 6.92 Å². The van der Waals surface area contributed by atoms with Gasteiger partial charge in [0, 0.05) is 16.8 Å². The molecule has 1 saturated heterocycles. The number of aliphatic hydroxyl groups excluding tert-OH is 2. The molecule has 0 saturated carbocycles. The van der Waals surface area contributed by atoms with Gasteiger partial charge in [0.15, 0.2) is 5.72 Å². The minimum atomic E-state index is -1.62. The summed E-state index contributed by atoms with van der Waals surface area (Å²) in [6.07, 6.45) is -1.08. The topological polar surface area (TPSA) is 98.5 Å². The van der Waals surface area contributed by atoms with Crippen molar-refractivity contribution in [2.24, 2.45) is 11.0 Å². The molecule has 70 valence electrons. The lowest BCUT2D eigenvalue weighted by molar-refractivity contribution is -0.0930. The molecule has 4 atom stereocenters. The fourth-order valence-corrected chi connectivity index (χ4v) is 1.32. The van der Waals surface area contributed by atoms with Crippen LogP contribution in [-0.2, 0) is 4.74 Å². The predicted molar refractivity (Wildman–Crippen MR) is 44.8 cm³/mol. The average Bonchev–Trinajstić information content (AvgIpc) is 2.32. The van der Waals surface area contributed by atoms with Crippen LogP contribution in [0.2, 0.25) is 0 Å². The summed E-state index contributed by atoms with van der Waals surface area (Å²) in [5.74, 6) is -0.377. The largest absolute Gasteiger partial charge is 0.393 e. The van der Waals surface area contributed by atoms with Crippen LogP contribution in [0.5, 0.6) is 0 Å². The lowest BCUT2D eigenvalue weighted by Crippen LogP contribution is -2.42. The van der Waals surface area contributed by atoms with E-state index in [-0.39, 0.29) is 5.92 Å². The highest BCUT2D eigenvalue weighted by molar-refractivity contribution is 6.11. The Bertz CT molecular complexity index is 245. The van der Waals surface area contributed by atoms with Crippen LogP contribution in [0.25, 0.3) is 10.4 Å². The van der Waals surface area contributed by atoms with Crippen LogP contribution in [0, 0.1) is 5.92 Å². The van der Waals surface area contributed by atoms with Crippen molar-refractivity contribution in [3.63, 3.8) is 0 Å². The Balaban J connectivity index is 2.95. The molecule has 2 radical (unpaired) electrons. The van der Waals surface area contributed by atoms with E-state index in [0.717, 1.165) is 0 Å². The Morgan fingerprint density at radius 3 is 2.69 bits per heavy atom. The Kier molecular flexibility index (Phi) is 2.82. The van der Waals surface area contributed by atoms with E-state index >= 15 is 0 Å². The highest BCUT2D eigenvalue weighted by Crippen LogP contribution is 2.34. The van der Waals surface area contributed by atoms with Gasteiger partial charge in [-0.15, -0.1) is 0 Å². The number of rotatable bonds is 2. The molecule has 1 rings (SSSR count). The number of ether oxygens (including phenoxy) is 1. The van der Waals surface area contributed by atoms with Crippen LogP contribution in [0.3, 0.4) is 0 Å². The maximum atomic E-state index is 9.58. The average molecular weight is 183 g/mol. The summed E-state index contributed by atoms with van der Waals surface area (Å²) in [6, 6.07) is -0.729. The molecule has 2 N–H and O–H groups in total. The van der Waals surface area contributed by atoms with Gasteiger partial charge in [-0.05, 0) is 5.53 Å². The van der Waals surface area contributed by atoms with Gasteiger partial charge in [-0.2, -0.15) is 0 Å². The molecule has 0 spiro atoms. The van der Waals surface area contributed by atoms with Crippen LogP contribution in [-0.4, -0.2) is 42.5 Å². The number of azide groups is 1. The Morgan fingerprint density at radius 1 is 1.77 bits per heavy atom. The van der Waals surface area contributed by atoms with Gasteiger partial charge < -0.3 is 14.9 Å². The summed E-state index contributed by atoms with van der Waals surface area (Å²) in [4.78, 5) is 2.50. The van der Waals surface area contributed by atoms with E-state index in [1.807, 2.05) is 0 Å². The van der Waals surface area contributed by atoms with Gasteiger partial charge in [-0.3, -0.25) is 0 Å². The van der Waals surface area contributed by atoms with Crippen LogP contribution >= 0.6 is 0 Å². The third-order valence-electron chi connectivity index (χ3n) is 2.26. The third-order valence-corrected chi connectivity index (χ3v) is 2.26. The summed E-state index contributed by atoms with van der Waals surface area (Å²) in [6.45, 7) is 1.07. The van der Waals surface area contributed by atoms with Crippen molar-refractivity contribution in [1.82, 2.24) is 0 Å². The quantitative estimate of drug-likeness (QED) is 0.261. The van der Waals surface area contributed by atoms with Crippen LogP contribution in [0.1, 0.15) is 6.92 Å². The number of nitrogens with zero attached hydrogens (tertiary/aromatic N) is 3. The molecular formula is C6H10BN3O3. The zero-order valence-corrected chi connectivity index (χ0v) is 7.16. The first kappa shape index (κ1) is 10.3. The molecule has 0 aromatic rings. The molecule has 1 aliphatic heterocycles. The van der Waals surface area contributed by atoms with E-state index in [9.17, 15) is 5.11 Å². The van der Waals surface area contributed by atoms with Gasteiger partial charge in [-0.1, -0.05) is 12.0 Å². The molecular weight excluding hydrogens is 173 g/mol. The van der Waals surface area contributed by atoms with Gasteiger partial charge in [0.25, 0.3) is 0 Å². The first-order valence-electron chi connectivity index (χ1n) is 3.86. The predicted octanol–water partition coefficient (Wildman–Crippen LogP) is -0.493. The second-order valence-corrected chi connectivity index (χ2v) is 3.08. The van der Waals surface area contributed by atoms with Crippen molar-refractivity contribution in [1.29, 1.82) is 0 Å². The number of hydrogen-bond acceptors (Lipinski definition) is 4. The Labute approximate surface area is 76.5 Å². The SMILES string of the molecule is [B][C@@H]1O[C@@](CO)(N=[N+]=[N-])[C@@H](O)[C@@H]1C. The van der Waals surface area contributed by atoms with Gasteiger partial charge in [0.1, 0.15) is 7.85 Å². The molecule has 1 heterocycles. The molecule has 13 heavy (non-hydrogen) atoms. The molecule has 7 heteroatoms. The van der Waals surface area contributed by atoms with Crippen molar-refractivity contribution in [3.05, 3.63) is 10.4 Å². The zero-order valence-electron chi connectivity index (χ0n) is 7.16. The fourth-order valence-electron chi connectivity index (χ4n) is 1.32. The molecule has 1 fully saturated rings. The van der Waals surface area contributed by atoms with Gasteiger partial charge in [0.2, 0.25) is 0 Å².